The minimum absolute atomic E-state index is 0.0320. The highest BCUT2D eigenvalue weighted by Crippen LogP contribution is 2.68. The van der Waals surface area contributed by atoms with E-state index in [0.29, 0.717) is 17.3 Å². The molecule has 198 valence electrons. The van der Waals surface area contributed by atoms with Crippen LogP contribution < -0.4 is 5.32 Å². The van der Waals surface area contributed by atoms with Gasteiger partial charge in [0.1, 0.15) is 6.10 Å². The molecule has 0 aromatic heterocycles. The monoisotopic (exact) mass is 485 g/mol. The van der Waals surface area contributed by atoms with Crippen molar-refractivity contribution in [3.05, 3.63) is 11.3 Å². The zero-order valence-corrected chi connectivity index (χ0v) is 23.5. The second-order valence-corrected chi connectivity index (χ2v) is 13.6. The Morgan fingerprint density at radius 1 is 0.971 bits per heavy atom. The number of carbonyl (C=O) groups is 2. The second-order valence-electron chi connectivity index (χ2n) is 13.6. The standard InChI is InChI=1S/C31H51NO3/c1-19(2)9-8-10-20(3)25-11-12-26-24-18-29(32-21(4)33)28-17-23(35-22(5)34)13-15-31(28,7)27(24)14-16-30(25,26)6/h19-20,23-27H,8-18H2,1-7H3,(H,32,33)/t20?,23-,24?,25+,26-,27-,30+,31+/m0/s1. The highest BCUT2D eigenvalue weighted by molar-refractivity contribution is 5.75. The molecule has 4 heteroatoms. The molecule has 0 aliphatic heterocycles. The van der Waals surface area contributed by atoms with Gasteiger partial charge in [0.15, 0.2) is 0 Å². The van der Waals surface area contributed by atoms with E-state index in [-0.39, 0.29) is 23.4 Å². The van der Waals surface area contributed by atoms with Crippen molar-refractivity contribution < 1.29 is 14.3 Å². The van der Waals surface area contributed by atoms with Crippen molar-refractivity contribution in [2.45, 2.75) is 125 Å². The van der Waals surface area contributed by atoms with Gasteiger partial charge in [0.2, 0.25) is 5.91 Å². The van der Waals surface area contributed by atoms with Crippen LogP contribution in [0, 0.1) is 46.3 Å². The number of allylic oxidation sites excluding steroid dienone is 1. The molecule has 4 aliphatic rings. The predicted octanol–water partition coefficient (Wildman–Crippen LogP) is 7.42. The summed E-state index contributed by atoms with van der Waals surface area (Å²) in [6.45, 7) is 15.5. The maximum atomic E-state index is 12.3. The van der Waals surface area contributed by atoms with Crippen molar-refractivity contribution in [1.29, 1.82) is 0 Å². The van der Waals surface area contributed by atoms with E-state index in [1.165, 1.54) is 57.4 Å². The molecule has 3 fully saturated rings. The van der Waals surface area contributed by atoms with Crippen LogP contribution in [0.5, 0.6) is 0 Å². The van der Waals surface area contributed by atoms with Crippen LogP contribution in [-0.2, 0) is 14.3 Å². The minimum atomic E-state index is -0.193. The van der Waals surface area contributed by atoms with Gasteiger partial charge in [-0.2, -0.15) is 0 Å². The highest BCUT2D eigenvalue weighted by Gasteiger charge is 2.60. The van der Waals surface area contributed by atoms with Crippen LogP contribution in [0.25, 0.3) is 0 Å². The number of nitrogens with one attached hydrogen (secondary N) is 1. The summed E-state index contributed by atoms with van der Waals surface area (Å²) >= 11 is 0. The maximum absolute atomic E-state index is 12.3. The number of fused-ring (bicyclic) bond motifs is 5. The van der Waals surface area contributed by atoms with Crippen molar-refractivity contribution >= 4 is 11.9 Å². The van der Waals surface area contributed by atoms with Crippen LogP contribution in [0.2, 0.25) is 0 Å². The van der Waals surface area contributed by atoms with Crippen LogP contribution >= 0.6 is 0 Å². The third-order valence-corrected chi connectivity index (χ3v) is 11.0. The summed E-state index contributed by atoms with van der Waals surface area (Å²) < 4.78 is 5.66. The van der Waals surface area contributed by atoms with Gasteiger partial charge >= 0.3 is 5.97 Å². The summed E-state index contributed by atoms with van der Waals surface area (Å²) in [5.74, 6) is 4.38. The number of carbonyl (C=O) groups excluding carboxylic acids is 2. The molecular weight excluding hydrogens is 434 g/mol. The summed E-state index contributed by atoms with van der Waals surface area (Å²) in [6, 6.07) is 0. The van der Waals surface area contributed by atoms with E-state index >= 15 is 0 Å². The molecule has 0 spiro atoms. The number of hydrogen-bond donors (Lipinski definition) is 1. The molecule has 8 atom stereocenters. The topological polar surface area (TPSA) is 55.4 Å². The minimum Gasteiger partial charge on any atom is -0.462 e. The Balaban J connectivity index is 1.58. The fourth-order valence-electron chi connectivity index (χ4n) is 9.47. The molecule has 0 heterocycles. The molecule has 2 unspecified atom stereocenters. The van der Waals surface area contributed by atoms with Crippen LogP contribution in [-0.4, -0.2) is 18.0 Å². The number of esters is 1. The van der Waals surface area contributed by atoms with E-state index < -0.39 is 0 Å². The average molecular weight is 486 g/mol. The van der Waals surface area contributed by atoms with Gasteiger partial charge in [0.05, 0.1) is 0 Å². The molecule has 3 saturated carbocycles. The number of amides is 1. The lowest BCUT2D eigenvalue weighted by molar-refractivity contribution is -0.149. The zero-order valence-electron chi connectivity index (χ0n) is 23.5. The Bertz CT molecular complexity index is 846. The van der Waals surface area contributed by atoms with Gasteiger partial charge in [-0.25, -0.2) is 0 Å². The zero-order chi connectivity index (χ0) is 25.5. The van der Waals surface area contributed by atoms with Gasteiger partial charge < -0.3 is 10.1 Å². The fraction of sp³-hybridized carbons (Fsp3) is 0.871. The summed E-state index contributed by atoms with van der Waals surface area (Å²) in [5, 5.41) is 3.28. The summed E-state index contributed by atoms with van der Waals surface area (Å²) in [7, 11) is 0. The molecule has 0 aromatic rings. The Hall–Kier alpha value is -1.32. The normalized spacial score (nSPS) is 39.5. The van der Waals surface area contributed by atoms with Crippen molar-refractivity contribution in [1.82, 2.24) is 5.32 Å². The average Bonchev–Trinajstić information content (AvgIpc) is 3.11. The summed E-state index contributed by atoms with van der Waals surface area (Å²) in [6.07, 6.45) is 13.2. The smallest absolute Gasteiger partial charge is 0.302 e. The molecule has 4 rings (SSSR count). The van der Waals surface area contributed by atoms with Crippen molar-refractivity contribution in [3.63, 3.8) is 0 Å². The highest BCUT2D eigenvalue weighted by atomic mass is 16.5. The third kappa shape index (κ3) is 5.10. The lowest BCUT2D eigenvalue weighted by Crippen LogP contribution is -2.53. The van der Waals surface area contributed by atoms with E-state index in [0.717, 1.165) is 55.1 Å². The number of hydrogen-bond acceptors (Lipinski definition) is 3. The van der Waals surface area contributed by atoms with Gasteiger partial charge in [0, 0.05) is 26.0 Å². The molecule has 4 nitrogen and oxygen atoms in total. The van der Waals surface area contributed by atoms with Crippen LogP contribution in [0.4, 0.5) is 0 Å². The van der Waals surface area contributed by atoms with Crippen molar-refractivity contribution in [3.8, 4) is 0 Å². The maximum Gasteiger partial charge on any atom is 0.302 e. The van der Waals surface area contributed by atoms with Gasteiger partial charge in [-0.05, 0) is 96.9 Å². The fourth-order valence-corrected chi connectivity index (χ4v) is 9.47. The van der Waals surface area contributed by atoms with Crippen LogP contribution in [0.1, 0.15) is 119 Å². The van der Waals surface area contributed by atoms with Gasteiger partial charge in [-0.15, -0.1) is 0 Å². The summed E-state index contributed by atoms with van der Waals surface area (Å²) in [4.78, 5) is 23.9. The Morgan fingerprint density at radius 2 is 1.71 bits per heavy atom. The van der Waals surface area contributed by atoms with Crippen molar-refractivity contribution in [2.75, 3.05) is 0 Å². The summed E-state index contributed by atoms with van der Waals surface area (Å²) in [5.41, 5.74) is 3.09. The Labute approximate surface area is 214 Å². The van der Waals surface area contributed by atoms with E-state index in [2.05, 4.69) is 39.9 Å². The quantitative estimate of drug-likeness (QED) is 0.382. The molecule has 1 amide bonds. The molecule has 0 radical (unpaired) electrons. The predicted molar refractivity (Wildman–Crippen MR) is 141 cm³/mol. The first kappa shape index (κ1) is 26.7. The first-order valence-corrected chi connectivity index (χ1v) is 14.6. The van der Waals surface area contributed by atoms with Gasteiger partial charge in [0.25, 0.3) is 0 Å². The largest absolute Gasteiger partial charge is 0.462 e. The Kier molecular flexibility index (Phi) is 7.80. The molecule has 1 N–H and O–H groups in total. The second kappa shape index (κ2) is 10.2. The number of rotatable bonds is 7. The van der Waals surface area contributed by atoms with Crippen molar-refractivity contribution in [2.24, 2.45) is 46.3 Å². The lowest BCUT2D eigenvalue weighted by Gasteiger charge is -2.59. The molecular formula is C31H51NO3. The van der Waals surface area contributed by atoms with Gasteiger partial charge in [-0.3, -0.25) is 9.59 Å². The number of ether oxygens (including phenoxy) is 1. The molecule has 0 bridgehead atoms. The third-order valence-electron chi connectivity index (χ3n) is 11.0. The molecule has 0 aromatic carbocycles. The molecule has 35 heavy (non-hydrogen) atoms. The molecule has 0 saturated heterocycles. The molecule has 4 aliphatic carbocycles. The van der Waals surface area contributed by atoms with E-state index in [1.807, 2.05) is 0 Å². The van der Waals surface area contributed by atoms with E-state index in [4.69, 9.17) is 4.74 Å². The SMILES string of the molecule is CC(=O)NC1=C2C[C@@H](OC(C)=O)CC[C@]2(C)[C@H]2CC[C@]3(C)[C@@H](C(C)CCCC(C)C)CC[C@H]3C2C1. The van der Waals surface area contributed by atoms with Crippen LogP contribution in [0.15, 0.2) is 11.3 Å². The first-order valence-electron chi connectivity index (χ1n) is 14.6. The first-order chi connectivity index (χ1) is 16.5. The van der Waals surface area contributed by atoms with E-state index in [1.54, 1.807) is 6.92 Å². The van der Waals surface area contributed by atoms with Crippen LogP contribution in [0.3, 0.4) is 0 Å². The van der Waals surface area contributed by atoms with Gasteiger partial charge in [-0.1, -0.05) is 53.9 Å². The van der Waals surface area contributed by atoms with E-state index in [9.17, 15) is 9.59 Å². The lowest BCUT2D eigenvalue weighted by atomic mass is 9.46. The Morgan fingerprint density at radius 3 is 2.37 bits per heavy atom.